The molecule has 0 aliphatic rings. The molecule has 0 spiro atoms. The van der Waals surface area contributed by atoms with E-state index in [9.17, 15) is 18.8 Å². The molecule has 0 aromatic heterocycles. The van der Waals surface area contributed by atoms with Gasteiger partial charge < -0.3 is 16.0 Å². The number of thioether (sulfide) groups is 1. The summed E-state index contributed by atoms with van der Waals surface area (Å²) in [5, 5.41) is 8.32. The van der Waals surface area contributed by atoms with E-state index in [0.29, 0.717) is 26.9 Å². The van der Waals surface area contributed by atoms with E-state index in [1.54, 1.807) is 73.7 Å². The molecule has 0 heterocycles. The Morgan fingerprint density at radius 3 is 2.26 bits per heavy atom. The number of rotatable bonds is 9. The lowest BCUT2D eigenvalue weighted by Gasteiger charge is -2.14. The first-order valence-electron chi connectivity index (χ1n) is 12.8. The smallest absolute Gasteiger partial charge is 0.272 e. The number of carbonyl (C=O) groups is 3. The van der Waals surface area contributed by atoms with Crippen molar-refractivity contribution < 1.29 is 18.8 Å². The largest absolute Gasteiger partial charge is 0.325 e. The molecule has 0 radical (unpaired) electrons. The molecule has 42 heavy (non-hydrogen) atoms. The summed E-state index contributed by atoms with van der Waals surface area (Å²) < 4.78 is 14.6. The summed E-state index contributed by atoms with van der Waals surface area (Å²) >= 11 is 13.6. The molecule has 0 aliphatic heterocycles. The number of amides is 3. The predicted molar refractivity (Wildman–Crippen MR) is 169 cm³/mol. The van der Waals surface area contributed by atoms with E-state index in [-0.39, 0.29) is 22.2 Å². The lowest BCUT2D eigenvalue weighted by atomic mass is 10.1. The Hall–Kier alpha value is -4.11. The van der Waals surface area contributed by atoms with Gasteiger partial charge in [0.25, 0.3) is 11.8 Å². The van der Waals surface area contributed by atoms with Crippen LogP contribution in [0.25, 0.3) is 6.08 Å². The van der Waals surface area contributed by atoms with Crippen LogP contribution in [-0.4, -0.2) is 23.0 Å². The van der Waals surface area contributed by atoms with E-state index < -0.39 is 22.9 Å². The summed E-state index contributed by atoms with van der Waals surface area (Å²) in [6.07, 6.45) is 1.19. The summed E-state index contributed by atoms with van der Waals surface area (Å²) in [5.74, 6) is -2.11. The van der Waals surface area contributed by atoms with Crippen LogP contribution in [0, 0.1) is 12.7 Å². The van der Waals surface area contributed by atoms with Crippen molar-refractivity contribution in [3.63, 3.8) is 0 Å². The summed E-state index contributed by atoms with van der Waals surface area (Å²) in [4.78, 5) is 39.7. The molecule has 0 aliphatic carbocycles. The van der Waals surface area contributed by atoms with E-state index in [1.165, 1.54) is 36.0 Å². The highest BCUT2D eigenvalue weighted by Crippen LogP contribution is 2.28. The molecule has 1 atom stereocenters. The molecule has 0 saturated carbocycles. The predicted octanol–water partition coefficient (Wildman–Crippen LogP) is 7.97. The van der Waals surface area contributed by atoms with Gasteiger partial charge in [0.2, 0.25) is 5.91 Å². The minimum absolute atomic E-state index is 0.0447. The Bertz CT molecular complexity index is 1640. The SMILES string of the molecule is Cc1ccc(NC(=O)C(C)Sc2cccc(NC(=O)/C(=C\c3c(F)cccc3Cl)NC(=O)c3ccccc3)c2)cc1Cl. The average Bonchev–Trinajstić information content (AvgIpc) is 2.97. The third-order valence-electron chi connectivity index (χ3n) is 6.03. The van der Waals surface area contributed by atoms with Gasteiger partial charge >= 0.3 is 0 Å². The van der Waals surface area contributed by atoms with Gasteiger partial charge in [0.1, 0.15) is 11.5 Å². The van der Waals surface area contributed by atoms with Crippen molar-refractivity contribution in [1.29, 1.82) is 0 Å². The van der Waals surface area contributed by atoms with Crippen molar-refractivity contribution in [3.8, 4) is 0 Å². The minimum Gasteiger partial charge on any atom is -0.325 e. The van der Waals surface area contributed by atoms with Crippen molar-refractivity contribution in [3.05, 3.63) is 129 Å². The van der Waals surface area contributed by atoms with E-state index in [4.69, 9.17) is 23.2 Å². The molecular weight excluding hydrogens is 596 g/mol. The first-order chi connectivity index (χ1) is 20.1. The topological polar surface area (TPSA) is 87.3 Å². The second kappa shape index (κ2) is 14.2. The Kier molecular flexibility index (Phi) is 10.4. The van der Waals surface area contributed by atoms with E-state index in [2.05, 4.69) is 16.0 Å². The standard InChI is InChI=1S/C32H26Cl2FN3O3S/c1-19-14-15-23(17-27(19)34)36-30(39)20(2)42-24-11-6-10-22(16-24)37-32(41)29(18-25-26(33)12-7-13-28(25)35)38-31(40)21-8-4-3-5-9-21/h3-18,20H,1-2H3,(H,36,39)(H,37,41)(H,38,40)/b29-18+. The number of aryl methyl sites for hydroxylation is 1. The maximum absolute atomic E-state index is 14.6. The first-order valence-corrected chi connectivity index (χ1v) is 14.4. The Labute approximate surface area is 257 Å². The molecule has 4 rings (SSSR count). The van der Waals surface area contributed by atoms with Gasteiger partial charge in [-0.3, -0.25) is 14.4 Å². The Morgan fingerprint density at radius 1 is 0.833 bits per heavy atom. The van der Waals surface area contributed by atoms with E-state index >= 15 is 0 Å². The number of benzene rings is 4. The van der Waals surface area contributed by atoms with Crippen LogP contribution in [0.2, 0.25) is 10.0 Å². The van der Waals surface area contributed by atoms with Crippen LogP contribution in [0.4, 0.5) is 15.8 Å². The molecule has 6 nitrogen and oxygen atoms in total. The van der Waals surface area contributed by atoms with Crippen molar-refractivity contribution in [2.75, 3.05) is 10.6 Å². The number of carbonyl (C=O) groups excluding carboxylic acids is 3. The second-order valence-electron chi connectivity index (χ2n) is 9.21. The van der Waals surface area contributed by atoms with Crippen LogP contribution in [0.15, 0.2) is 102 Å². The Balaban J connectivity index is 1.51. The summed E-state index contributed by atoms with van der Waals surface area (Å²) in [7, 11) is 0. The van der Waals surface area contributed by atoms with E-state index in [0.717, 1.165) is 5.56 Å². The zero-order valence-corrected chi connectivity index (χ0v) is 24.9. The van der Waals surface area contributed by atoms with Gasteiger partial charge in [-0.2, -0.15) is 0 Å². The highest BCUT2D eigenvalue weighted by molar-refractivity contribution is 8.00. The van der Waals surface area contributed by atoms with Crippen LogP contribution < -0.4 is 16.0 Å². The molecule has 0 saturated heterocycles. The third kappa shape index (κ3) is 8.22. The Morgan fingerprint density at radius 2 is 1.55 bits per heavy atom. The van der Waals surface area contributed by atoms with Crippen molar-refractivity contribution in [1.82, 2.24) is 5.32 Å². The van der Waals surface area contributed by atoms with Crippen LogP contribution in [0.1, 0.15) is 28.4 Å². The first kappa shape index (κ1) is 30.8. The zero-order valence-electron chi connectivity index (χ0n) is 22.6. The van der Waals surface area contributed by atoms with Gasteiger partial charge in [0, 0.05) is 32.4 Å². The second-order valence-corrected chi connectivity index (χ2v) is 11.4. The van der Waals surface area contributed by atoms with Gasteiger partial charge in [-0.15, -0.1) is 11.8 Å². The van der Waals surface area contributed by atoms with Crippen LogP contribution >= 0.6 is 35.0 Å². The maximum atomic E-state index is 14.6. The lowest BCUT2D eigenvalue weighted by molar-refractivity contribution is -0.115. The molecular formula is C32H26Cl2FN3O3S. The van der Waals surface area contributed by atoms with Gasteiger partial charge in [0.05, 0.1) is 10.3 Å². The van der Waals surface area contributed by atoms with Gasteiger partial charge in [0.15, 0.2) is 0 Å². The van der Waals surface area contributed by atoms with Gasteiger partial charge in [-0.05, 0) is 80.1 Å². The summed E-state index contributed by atoms with van der Waals surface area (Å²) in [5.41, 5.74) is 1.97. The van der Waals surface area contributed by atoms with Gasteiger partial charge in [-0.1, -0.05) is 59.6 Å². The maximum Gasteiger partial charge on any atom is 0.272 e. The number of hydrogen-bond acceptors (Lipinski definition) is 4. The number of anilines is 2. The zero-order chi connectivity index (χ0) is 30.2. The molecule has 1 unspecified atom stereocenters. The third-order valence-corrected chi connectivity index (χ3v) is 7.86. The molecule has 4 aromatic rings. The minimum atomic E-state index is -0.692. The number of hydrogen-bond donors (Lipinski definition) is 3. The summed E-state index contributed by atoms with van der Waals surface area (Å²) in [6, 6.07) is 24.6. The quantitative estimate of drug-likeness (QED) is 0.131. The molecule has 214 valence electrons. The summed E-state index contributed by atoms with van der Waals surface area (Å²) in [6.45, 7) is 3.64. The van der Waals surface area contributed by atoms with E-state index in [1.807, 2.05) is 13.0 Å². The molecule has 10 heteroatoms. The van der Waals surface area contributed by atoms with Crippen molar-refractivity contribution in [2.45, 2.75) is 24.0 Å². The fourth-order valence-corrected chi connectivity index (χ4v) is 5.08. The van der Waals surface area contributed by atoms with Crippen molar-refractivity contribution in [2.24, 2.45) is 0 Å². The van der Waals surface area contributed by atoms with Crippen LogP contribution in [0.3, 0.4) is 0 Å². The fourth-order valence-electron chi connectivity index (χ4n) is 3.75. The highest BCUT2D eigenvalue weighted by atomic mass is 35.5. The van der Waals surface area contributed by atoms with Crippen LogP contribution in [-0.2, 0) is 9.59 Å². The molecule has 3 N–H and O–H groups in total. The fraction of sp³-hybridized carbons (Fsp3) is 0.0938. The lowest BCUT2D eigenvalue weighted by Crippen LogP contribution is -2.30. The number of halogens is 3. The molecule has 0 fully saturated rings. The monoisotopic (exact) mass is 621 g/mol. The van der Waals surface area contributed by atoms with Crippen LogP contribution in [0.5, 0.6) is 0 Å². The highest BCUT2D eigenvalue weighted by Gasteiger charge is 2.19. The average molecular weight is 623 g/mol. The van der Waals surface area contributed by atoms with Crippen molar-refractivity contribution >= 4 is 70.1 Å². The molecule has 3 amide bonds. The van der Waals surface area contributed by atoms with Gasteiger partial charge in [-0.25, -0.2) is 4.39 Å². The molecule has 0 bridgehead atoms. The number of nitrogens with one attached hydrogen (secondary N) is 3. The normalized spacial score (nSPS) is 11.9. The molecule has 4 aromatic carbocycles.